The van der Waals surface area contributed by atoms with Gasteiger partial charge in [0.25, 0.3) is 0 Å². The average Bonchev–Trinajstić information content (AvgIpc) is 2.38. The molecule has 0 aromatic heterocycles. The number of hydrogen-bond acceptors (Lipinski definition) is 3. The molecule has 4 heteroatoms. The van der Waals surface area contributed by atoms with Crippen molar-refractivity contribution >= 4 is 11.7 Å². The molecule has 1 amide bonds. The summed E-state index contributed by atoms with van der Waals surface area (Å²) in [4.78, 5) is 23.4. The number of hydrogen-bond donors (Lipinski definition) is 1. The monoisotopic (exact) mass is 263 g/mol. The lowest BCUT2D eigenvalue weighted by atomic mass is 10.0. The number of ketones is 1. The molecular weight excluding hydrogens is 242 g/mol. The quantitative estimate of drug-likeness (QED) is 0.802. The van der Waals surface area contributed by atoms with Gasteiger partial charge in [-0.2, -0.15) is 0 Å². The summed E-state index contributed by atoms with van der Waals surface area (Å²) in [6.45, 7) is 5.73. The molecule has 1 N–H and O–H groups in total. The molecule has 0 aliphatic rings. The molecule has 0 saturated heterocycles. The summed E-state index contributed by atoms with van der Waals surface area (Å²) in [6, 6.07) is 3.65. The number of rotatable bonds is 6. The first-order valence-electron chi connectivity index (χ1n) is 6.44. The zero-order valence-corrected chi connectivity index (χ0v) is 12.0. The van der Waals surface area contributed by atoms with Crippen LogP contribution in [0.15, 0.2) is 12.1 Å². The van der Waals surface area contributed by atoms with Gasteiger partial charge >= 0.3 is 0 Å². The molecule has 0 heterocycles. The molecule has 1 aromatic rings. The van der Waals surface area contributed by atoms with Crippen LogP contribution >= 0.6 is 0 Å². The standard InChI is InChI=1S/C15H21NO3/c1-5-6-15(18)16-9-13(17)12-7-11(3)14(19-4)8-10(12)2/h7-8H,5-6,9H2,1-4H3,(H,16,18). The highest BCUT2D eigenvalue weighted by Crippen LogP contribution is 2.22. The van der Waals surface area contributed by atoms with Crippen LogP contribution in [0.4, 0.5) is 0 Å². The molecule has 0 saturated carbocycles. The number of Topliss-reactive ketones (excluding diaryl/α,β-unsaturated/α-hetero) is 1. The Morgan fingerprint density at radius 2 is 1.89 bits per heavy atom. The zero-order chi connectivity index (χ0) is 14.4. The van der Waals surface area contributed by atoms with E-state index in [9.17, 15) is 9.59 Å². The van der Waals surface area contributed by atoms with Crippen molar-refractivity contribution in [3.8, 4) is 5.75 Å². The van der Waals surface area contributed by atoms with Crippen molar-refractivity contribution in [1.29, 1.82) is 0 Å². The predicted octanol–water partition coefficient (Wildman–Crippen LogP) is 2.41. The lowest BCUT2D eigenvalue weighted by Gasteiger charge is -2.11. The molecule has 0 aliphatic heterocycles. The number of ether oxygens (including phenoxy) is 1. The lowest BCUT2D eigenvalue weighted by Crippen LogP contribution is -2.29. The van der Waals surface area contributed by atoms with Crippen LogP contribution in [0.2, 0.25) is 0 Å². The normalized spacial score (nSPS) is 10.1. The first-order chi connectivity index (χ1) is 8.99. The van der Waals surface area contributed by atoms with Crippen LogP contribution in [0.1, 0.15) is 41.3 Å². The van der Waals surface area contributed by atoms with E-state index < -0.39 is 0 Å². The Morgan fingerprint density at radius 3 is 2.47 bits per heavy atom. The number of amides is 1. The van der Waals surface area contributed by atoms with Crippen molar-refractivity contribution in [2.24, 2.45) is 0 Å². The second-order valence-corrected chi connectivity index (χ2v) is 4.59. The third-order valence-corrected chi connectivity index (χ3v) is 2.97. The van der Waals surface area contributed by atoms with E-state index in [2.05, 4.69) is 5.32 Å². The molecule has 0 radical (unpaired) electrons. The number of nitrogens with one attached hydrogen (secondary N) is 1. The van der Waals surface area contributed by atoms with Gasteiger partial charge in [0.2, 0.25) is 5.91 Å². The van der Waals surface area contributed by atoms with Crippen molar-refractivity contribution in [3.63, 3.8) is 0 Å². The summed E-state index contributed by atoms with van der Waals surface area (Å²) in [5.74, 6) is 0.607. The van der Waals surface area contributed by atoms with Crippen molar-refractivity contribution in [2.45, 2.75) is 33.6 Å². The number of benzene rings is 1. The van der Waals surface area contributed by atoms with Gasteiger partial charge in [-0.1, -0.05) is 6.92 Å². The topological polar surface area (TPSA) is 55.4 Å². The molecular formula is C15H21NO3. The van der Waals surface area contributed by atoms with Gasteiger partial charge < -0.3 is 10.1 Å². The maximum atomic E-state index is 12.1. The largest absolute Gasteiger partial charge is 0.496 e. The van der Waals surface area contributed by atoms with Gasteiger partial charge in [0, 0.05) is 12.0 Å². The second kappa shape index (κ2) is 6.92. The minimum atomic E-state index is -0.0845. The Balaban J connectivity index is 2.77. The van der Waals surface area contributed by atoms with Crippen LogP contribution in [0.3, 0.4) is 0 Å². The maximum Gasteiger partial charge on any atom is 0.220 e. The number of carbonyl (C=O) groups is 2. The van der Waals surface area contributed by atoms with Crippen molar-refractivity contribution in [2.75, 3.05) is 13.7 Å². The Morgan fingerprint density at radius 1 is 1.21 bits per heavy atom. The van der Waals surface area contributed by atoms with E-state index in [4.69, 9.17) is 4.74 Å². The van der Waals surface area contributed by atoms with Gasteiger partial charge in [-0.25, -0.2) is 0 Å². The third kappa shape index (κ3) is 4.09. The van der Waals surface area contributed by atoms with Gasteiger partial charge in [0.15, 0.2) is 5.78 Å². The van der Waals surface area contributed by atoms with Crippen LogP contribution in [-0.4, -0.2) is 25.3 Å². The Kier molecular flexibility index (Phi) is 5.55. The molecule has 1 rings (SSSR count). The Hall–Kier alpha value is -1.84. The summed E-state index contributed by atoms with van der Waals surface area (Å²) in [5.41, 5.74) is 2.41. The smallest absolute Gasteiger partial charge is 0.220 e. The number of methoxy groups -OCH3 is 1. The summed E-state index contributed by atoms with van der Waals surface area (Å²) in [6.07, 6.45) is 1.23. The van der Waals surface area contributed by atoms with Crippen molar-refractivity contribution < 1.29 is 14.3 Å². The highest BCUT2D eigenvalue weighted by molar-refractivity contribution is 6.00. The SMILES string of the molecule is CCCC(=O)NCC(=O)c1cc(C)c(OC)cc1C. The first kappa shape index (κ1) is 15.2. The van der Waals surface area contributed by atoms with E-state index in [-0.39, 0.29) is 18.2 Å². The van der Waals surface area contributed by atoms with E-state index in [1.165, 1.54) is 0 Å². The van der Waals surface area contributed by atoms with Gasteiger partial charge in [-0.3, -0.25) is 9.59 Å². The summed E-state index contributed by atoms with van der Waals surface area (Å²) >= 11 is 0. The van der Waals surface area contributed by atoms with Crippen LogP contribution in [0, 0.1) is 13.8 Å². The molecule has 0 fully saturated rings. The minimum Gasteiger partial charge on any atom is -0.496 e. The molecule has 104 valence electrons. The second-order valence-electron chi connectivity index (χ2n) is 4.59. The lowest BCUT2D eigenvalue weighted by molar-refractivity contribution is -0.120. The zero-order valence-electron chi connectivity index (χ0n) is 12.0. The summed E-state index contributed by atoms with van der Waals surface area (Å²) in [5, 5.41) is 2.64. The maximum absolute atomic E-state index is 12.1. The van der Waals surface area contributed by atoms with Gasteiger partial charge in [-0.05, 0) is 43.5 Å². The summed E-state index contributed by atoms with van der Waals surface area (Å²) in [7, 11) is 1.61. The molecule has 19 heavy (non-hydrogen) atoms. The van der Waals surface area contributed by atoms with E-state index in [0.717, 1.165) is 23.3 Å². The fourth-order valence-electron chi connectivity index (χ4n) is 1.90. The molecule has 1 aromatic carbocycles. The van der Waals surface area contributed by atoms with E-state index >= 15 is 0 Å². The number of carbonyl (C=O) groups excluding carboxylic acids is 2. The molecule has 0 spiro atoms. The van der Waals surface area contributed by atoms with Crippen LogP contribution in [0.25, 0.3) is 0 Å². The fourth-order valence-corrected chi connectivity index (χ4v) is 1.90. The molecule has 0 aliphatic carbocycles. The Bertz CT molecular complexity index is 481. The summed E-state index contributed by atoms with van der Waals surface area (Å²) < 4.78 is 5.21. The highest BCUT2D eigenvalue weighted by Gasteiger charge is 2.13. The van der Waals surface area contributed by atoms with Crippen molar-refractivity contribution in [3.05, 3.63) is 28.8 Å². The highest BCUT2D eigenvalue weighted by atomic mass is 16.5. The van der Waals surface area contributed by atoms with Crippen LogP contribution in [-0.2, 0) is 4.79 Å². The van der Waals surface area contributed by atoms with Crippen LogP contribution < -0.4 is 10.1 Å². The first-order valence-corrected chi connectivity index (χ1v) is 6.44. The van der Waals surface area contributed by atoms with E-state index in [1.54, 1.807) is 7.11 Å². The molecule has 0 bridgehead atoms. The van der Waals surface area contributed by atoms with Gasteiger partial charge in [0.1, 0.15) is 5.75 Å². The average molecular weight is 263 g/mol. The Labute approximate surface area is 114 Å². The third-order valence-electron chi connectivity index (χ3n) is 2.97. The molecule has 0 unspecified atom stereocenters. The van der Waals surface area contributed by atoms with Gasteiger partial charge in [-0.15, -0.1) is 0 Å². The van der Waals surface area contributed by atoms with Crippen molar-refractivity contribution in [1.82, 2.24) is 5.32 Å². The van der Waals surface area contributed by atoms with Crippen LogP contribution in [0.5, 0.6) is 5.75 Å². The fraction of sp³-hybridized carbons (Fsp3) is 0.467. The predicted molar refractivity (Wildman–Crippen MR) is 74.7 cm³/mol. The molecule has 4 nitrogen and oxygen atoms in total. The van der Waals surface area contributed by atoms with Gasteiger partial charge in [0.05, 0.1) is 13.7 Å². The minimum absolute atomic E-state index is 0.0471. The number of aryl methyl sites for hydroxylation is 2. The van der Waals surface area contributed by atoms with E-state index in [1.807, 2.05) is 32.9 Å². The van der Waals surface area contributed by atoms with E-state index in [0.29, 0.717) is 12.0 Å². The molecule has 0 atom stereocenters.